The van der Waals surface area contributed by atoms with Crippen LogP contribution in [-0.2, 0) is 0 Å². The second-order valence-corrected chi connectivity index (χ2v) is 3.44. The van der Waals surface area contributed by atoms with E-state index in [2.05, 4.69) is 15.2 Å². The second-order valence-electron chi connectivity index (χ2n) is 3.44. The van der Waals surface area contributed by atoms with Crippen LogP contribution in [0, 0.1) is 0 Å². The summed E-state index contributed by atoms with van der Waals surface area (Å²) in [6, 6.07) is 1.70. The van der Waals surface area contributed by atoms with Crippen molar-refractivity contribution in [1.29, 1.82) is 0 Å². The van der Waals surface area contributed by atoms with E-state index in [1.54, 1.807) is 12.3 Å². The normalized spacial score (nSPS) is 10.5. The zero-order valence-corrected chi connectivity index (χ0v) is 8.62. The van der Waals surface area contributed by atoms with Crippen LogP contribution in [0.5, 0.6) is 0 Å². The maximum absolute atomic E-state index is 5.72. The highest BCUT2D eigenvalue weighted by atomic mass is 15.1. The number of nitrogens with one attached hydrogen (secondary N) is 1. The molecule has 0 aliphatic carbocycles. The highest BCUT2D eigenvalue weighted by Crippen LogP contribution is 2.16. The smallest absolute Gasteiger partial charge is 0.149 e. The molecule has 0 fully saturated rings. The molecule has 78 valence electrons. The minimum absolute atomic E-state index is 0.584. The molecule has 0 radical (unpaired) electrons. The Morgan fingerprint density at radius 2 is 2.14 bits per heavy atom. The standard InChI is InChI=1S/C9H17N5/c1-14(2)4-3-12-9-8(11)5-7(10)6-13-9/h5-6H,3-4,10-11H2,1-2H3,(H,12,13). The van der Waals surface area contributed by atoms with Crippen molar-refractivity contribution in [3.8, 4) is 0 Å². The molecular formula is C9H17N5. The molecule has 0 bridgehead atoms. The molecule has 5 heteroatoms. The first kappa shape index (κ1) is 10.6. The van der Waals surface area contributed by atoms with E-state index in [0.29, 0.717) is 17.2 Å². The number of hydrogen-bond donors (Lipinski definition) is 3. The van der Waals surface area contributed by atoms with Gasteiger partial charge in [0.15, 0.2) is 0 Å². The van der Waals surface area contributed by atoms with Gasteiger partial charge in [0, 0.05) is 13.1 Å². The molecular weight excluding hydrogens is 178 g/mol. The molecule has 1 aromatic heterocycles. The average molecular weight is 195 g/mol. The van der Waals surface area contributed by atoms with Crippen molar-refractivity contribution in [3.63, 3.8) is 0 Å². The van der Waals surface area contributed by atoms with E-state index in [-0.39, 0.29) is 0 Å². The van der Waals surface area contributed by atoms with E-state index < -0.39 is 0 Å². The zero-order chi connectivity index (χ0) is 10.6. The maximum Gasteiger partial charge on any atom is 0.149 e. The first-order valence-corrected chi connectivity index (χ1v) is 4.49. The number of rotatable bonds is 4. The van der Waals surface area contributed by atoms with Crippen LogP contribution in [-0.4, -0.2) is 37.1 Å². The minimum Gasteiger partial charge on any atom is -0.397 e. The summed E-state index contributed by atoms with van der Waals surface area (Å²) in [5.74, 6) is 0.695. The van der Waals surface area contributed by atoms with Crippen molar-refractivity contribution in [3.05, 3.63) is 12.3 Å². The van der Waals surface area contributed by atoms with Crippen LogP contribution in [0.25, 0.3) is 0 Å². The van der Waals surface area contributed by atoms with E-state index in [4.69, 9.17) is 11.5 Å². The molecule has 0 aliphatic heterocycles. The van der Waals surface area contributed by atoms with Crippen LogP contribution in [0.15, 0.2) is 12.3 Å². The zero-order valence-electron chi connectivity index (χ0n) is 8.62. The number of likely N-dealkylation sites (N-methyl/N-ethyl adjacent to an activating group) is 1. The molecule has 1 aromatic rings. The monoisotopic (exact) mass is 195 g/mol. The largest absolute Gasteiger partial charge is 0.397 e. The van der Waals surface area contributed by atoms with E-state index >= 15 is 0 Å². The van der Waals surface area contributed by atoms with Crippen LogP contribution < -0.4 is 16.8 Å². The summed E-state index contributed by atoms with van der Waals surface area (Å²) in [6.45, 7) is 1.75. The summed E-state index contributed by atoms with van der Waals surface area (Å²) < 4.78 is 0. The van der Waals surface area contributed by atoms with Crippen LogP contribution in [0.3, 0.4) is 0 Å². The summed E-state index contributed by atoms with van der Waals surface area (Å²) in [6.07, 6.45) is 1.59. The lowest BCUT2D eigenvalue weighted by Crippen LogP contribution is -2.21. The Labute approximate surface area is 84.1 Å². The predicted octanol–water partition coefficient (Wildman–Crippen LogP) is 0.219. The Balaban J connectivity index is 2.51. The number of aromatic nitrogens is 1. The number of pyridine rings is 1. The highest BCUT2D eigenvalue weighted by Gasteiger charge is 1.99. The highest BCUT2D eigenvalue weighted by molar-refractivity contribution is 5.65. The average Bonchev–Trinajstić information content (AvgIpc) is 2.08. The summed E-state index contributed by atoms with van der Waals surface area (Å²) in [5, 5.41) is 3.14. The second kappa shape index (κ2) is 4.66. The van der Waals surface area contributed by atoms with Crippen LogP contribution in [0.2, 0.25) is 0 Å². The number of nitrogens with two attached hydrogens (primary N) is 2. The van der Waals surface area contributed by atoms with E-state index in [9.17, 15) is 0 Å². The van der Waals surface area contributed by atoms with Gasteiger partial charge in [-0.15, -0.1) is 0 Å². The van der Waals surface area contributed by atoms with Gasteiger partial charge in [-0.2, -0.15) is 0 Å². The molecule has 0 unspecified atom stereocenters. The molecule has 1 rings (SSSR count). The summed E-state index contributed by atoms with van der Waals surface area (Å²) in [4.78, 5) is 6.18. The van der Waals surface area contributed by atoms with Crippen LogP contribution >= 0.6 is 0 Å². The molecule has 0 spiro atoms. The van der Waals surface area contributed by atoms with E-state index in [1.165, 1.54) is 0 Å². The molecule has 0 atom stereocenters. The fourth-order valence-electron chi connectivity index (χ4n) is 1.04. The first-order valence-electron chi connectivity index (χ1n) is 4.49. The molecule has 0 aromatic carbocycles. The van der Waals surface area contributed by atoms with Gasteiger partial charge in [0.25, 0.3) is 0 Å². The Morgan fingerprint density at radius 1 is 1.43 bits per heavy atom. The van der Waals surface area contributed by atoms with Gasteiger partial charge in [-0.05, 0) is 20.2 Å². The van der Waals surface area contributed by atoms with Crippen LogP contribution in [0.1, 0.15) is 0 Å². The van der Waals surface area contributed by atoms with Crippen LogP contribution in [0.4, 0.5) is 17.2 Å². The summed E-state index contributed by atoms with van der Waals surface area (Å²) in [5.41, 5.74) is 12.4. The first-order chi connectivity index (χ1) is 6.59. The van der Waals surface area contributed by atoms with Gasteiger partial charge in [-0.1, -0.05) is 0 Å². The third kappa shape index (κ3) is 3.10. The van der Waals surface area contributed by atoms with Crippen molar-refractivity contribution in [2.75, 3.05) is 44.0 Å². The van der Waals surface area contributed by atoms with E-state index in [0.717, 1.165) is 13.1 Å². The number of anilines is 3. The molecule has 0 saturated heterocycles. The van der Waals surface area contributed by atoms with Crippen molar-refractivity contribution in [2.45, 2.75) is 0 Å². The Morgan fingerprint density at radius 3 is 2.71 bits per heavy atom. The number of nitrogens with zero attached hydrogens (tertiary/aromatic N) is 2. The van der Waals surface area contributed by atoms with Gasteiger partial charge < -0.3 is 21.7 Å². The predicted molar refractivity (Wildman–Crippen MR) is 60.1 cm³/mol. The summed E-state index contributed by atoms with van der Waals surface area (Å²) in [7, 11) is 4.03. The topological polar surface area (TPSA) is 80.2 Å². The molecule has 14 heavy (non-hydrogen) atoms. The third-order valence-corrected chi connectivity index (χ3v) is 1.79. The Bertz CT molecular complexity index is 297. The molecule has 5 nitrogen and oxygen atoms in total. The van der Waals surface area contributed by atoms with Crippen molar-refractivity contribution in [1.82, 2.24) is 9.88 Å². The third-order valence-electron chi connectivity index (χ3n) is 1.79. The molecule has 5 N–H and O–H groups in total. The fourth-order valence-corrected chi connectivity index (χ4v) is 1.04. The van der Waals surface area contributed by atoms with Gasteiger partial charge in [0.2, 0.25) is 0 Å². The van der Waals surface area contributed by atoms with Gasteiger partial charge in [0.1, 0.15) is 5.82 Å². The molecule has 0 saturated carbocycles. The van der Waals surface area contributed by atoms with Crippen molar-refractivity contribution >= 4 is 17.2 Å². The van der Waals surface area contributed by atoms with E-state index in [1.807, 2.05) is 14.1 Å². The fraction of sp³-hybridized carbons (Fsp3) is 0.444. The van der Waals surface area contributed by atoms with Crippen molar-refractivity contribution < 1.29 is 0 Å². The minimum atomic E-state index is 0.584. The number of hydrogen-bond acceptors (Lipinski definition) is 5. The van der Waals surface area contributed by atoms with Gasteiger partial charge in [0.05, 0.1) is 17.6 Å². The lowest BCUT2D eigenvalue weighted by molar-refractivity contribution is 0.425. The van der Waals surface area contributed by atoms with Crippen molar-refractivity contribution in [2.24, 2.45) is 0 Å². The SMILES string of the molecule is CN(C)CCNc1ncc(N)cc1N. The molecule has 0 aliphatic rings. The van der Waals surface area contributed by atoms with Gasteiger partial charge in [-0.25, -0.2) is 4.98 Å². The van der Waals surface area contributed by atoms with Gasteiger partial charge >= 0.3 is 0 Å². The maximum atomic E-state index is 5.72. The Hall–Kier alpha value is -1.49. The number of nitrogen functional groups attached to an aromatic ring is 2. The summed E-state index contributed by atoms with van der Waals surface area (Å²) >= 11 is 0. The molecule has 0 amide bonds. The molecule has 1 heterocycles. The van der Waals surface area contributed by atoms with Gasteiger partial charge in [-0.3, -0.25) is 0 Å². The lowest BCUT2D eigenvalue weighted by atomic mass is 10.3. The Kier molecular flexibility index (Phi) is 3.53. The lowest BCUT2D eigenvalue weighted by Gasteiger charge is -2.12. The quantitative estimate of drug-likeness (QED) is 0.640.